The second-order valence-corrected chi connectivity index (χ2v) is 8.05. The Kier molecular flexibility index (Phi) is 7.12. The van der Waals surface area contributed by atoms with Gasteiger partial charge in [0.05, 0.1) is 12.8 Å². The molecule has 1 N–H and O–H groups in total. The summed E-state index contributed by atoms with van der Waals surface area (Å²) < 4.78 is 18.2. The van der Waals surface area contributed by atoms with Gasteiger partial charge < -0.3 is 14.9 Å². The van der Waals surface area contributed by atoms with Crippen LogP contribution in [0.25, 0.3) is 10.8 Å². The van der Waals surface area contributed by atoms with Crippen molar-refractivity contribution in [2.24, 2.45) is 11.1 Å². The second-order valence-electron chi connectivity index (χ2n) is 8.05. The highest BCUT2D eigenvalue weighted by atomic mass is 19.1. The number of piperidine rings is 1. The molecule has 0 bridgehead atoms. The van der Waals surface area contributed by atoms with E-state index in [4.69, 9.17) is 4.84 Å². The van der Waals surface area contributed by atoms with Gasteiger partial charge in [-0.25, -0.2) is 9.18 Å². The Hall–Kier alpha value is -3.25. The van der Waals surface area contributed by atoms with Crippen LogP contribution in [0.3, 0.4) is 0 Å². The van der Waals surface area contributed by atoms with Gasteiger partial charge in [-0.2, -0.15) is 0 Å². The van der Waals surface area contributed by atoms with Crippen LogP contribution in [0.15, 0.2) is 71.9 Å². The first-order valence-electron chi connectivity index (χ1n) is 10.8. The van der Waals surface area contributed by atoms with Crippen molar-refractivity contribution in [1.29, 1.82) is 0 Å². The summed E-state index contributed by atoms with van der Waals surface area (Å²) in [7, 11) is 1.32. The molecule has 2 unspecified atom stereocenters. The molecule has 0 aliphatic carbocycles. The fourth-order valence-corrected chi connectivity index (χ4v) is 4.33. The molecule has 1 aliphatic heterocycles. The van der Waals surface area contributed by atoms with Gasteiger partial charge in [0.25, 0.3) is 0 Å². The van der Waals surface area contributed by atoms with Crippen molar-refractivity contribution in [1.82, 2.24) is 5.32 Å². The number of nitrogens with one attached hydrogen (secondary N) is 1. The van der Waals surface area contributed by atoms with Gasteiger partial charge in [-0.3, -0.25) is 0 Å². The van der Waals surface area contributed by atoms with Crippen LogP contribution in [0.4, 0.5) is 4.39 Å². The Morgan fingerprint density at radius 1 is 1.09 bits per heavy atom. The predicted octanol–water partition coefficient (Wildman–Crippen LogP) is 4.46. The summed E-state index contributed by atoms with van der Waals surface area (Å²) in [5.41, 5.74) is 3.05. The number of nitrogens with zero attached hydrogens (tertiary/aromatic N) is 1. The molecule has 1 aliphatic rings. The first kappa shape index (κ1) is 22.0. The van der Waals surface area contributed by atoms with Gasteiger partial charge in [-0.15, -0.1) is 0 Å². The third kappa shape index (κ3) is 5.32. The minimum Gasteiger partial charge on any atom is -0.466 e. The second kappa shape index (κ2) is 10.4. The van der Waals surface area contributed by atoms with Gasteiger partial charge in [-0.05, 0) is 52.9 Å². The first-order chi connectivity index (χ1) is 15.6. The van der Waals surface area contributed by atoms with E-state index in [1.54, 1.807) is 0 Å². The number of esters is 1. The van der Waals surface area contributed by atoms with E-state index in [1.165, 1.54) is 24.6 Å². The lowest BCUT2D eigenvalue weighted by Crippen LogP contribution is -2.40. The number of hydrogen-bond acceptors (Lipinski definition) is 5. The normalized spacial score (nSPS) is 19.0. The Morgan fingerprint density at radius 2 is 1.88 bits per heavy atom. The molecule has 0 amide bonds. The van der Waals surface area contributed by atoms with E-state index in [2.05, 4.69) is 45.5 Å². The van der Waals surface area contributed by atoms with Crippen LogP contribution >= 0.6 is 0 Å². The van der Waals surface area contributed by atoms with Gasteiger partial charge in [0.2, 0.25) is 6.61 Å². The zero-order chi connectivity index (χ0) is 22.3. The van der Waals surface area contributed by atoms with E-state index >= 15 is 0 Å². The first-order valence-corrected chi connectivity index (χ1v) is 10.8. The van der Waals surface area contributed by atoms with E-state index in [9.17, 15) is 9.18 Å². The predicted molar refractivity (Wildman–Crippen MR) is 123 cm³/mol. The molecule has 0 spiro atoms. The van der Waals surface area contributed by atoms with E-state index < -0.39 is 5.97 Å². The van der Waals surface area contributed by atoms with Crippen molar-refractivity contribution in [2.45, 2.75) is 18.8 Å². The van der Waals surface area contributed by atoms with Crippen LogP contribution in [0.5, 0.6) is 0 Å². The molecule has 6 heteroatoms. The van der Waals surface area contributed by atoms with Crippen molar-refractivity contribution in [3.8, 4) is 0 Å². The van der Waals surface area contributed by atoms with Crippen molar-refractivity contribution in [2.75, 3.05) is 26.8 Å². The molecule has 32 heavy (non-hydrogen) atoms. The fourth-order valence-electron chi connectivity index (χ4n) is 4.33. The van der Waals surface area contributed by atoms with Crippen LogP contribution < -0.4 is 5.32 Å². The van der Waals surface area contributed by atoms with Crippen molar-refractivity contribution >= 4 is 22.5 Å². The van der Waals surface area contributed by atoms with Crippen LogP contribution in [-0.4, -0.2) is 38.5 Å². The van der Waals surface area contributed by atoms with E-state index in [0.717, 1.165) is 41.7 Å². The lowest BCUT2D eigenvalue weighted by atomic mass is 9.77. The number of methoxy groups -OCH3 is 1. The molecule has 0 aromatic heterocycles. The maximum atomic E-state index is 13.5. The van der Waals surface area contributed by atoms with E-state index in [1.807, 2.05) is 24.3 Å². The lowest BCUT2D eigenvalue weighted by Gasteiger charge is -2.33. The molecule has 1 saturated heterocycles. The molecular weight excluding hydrogens is 407 g/mol. The summed E-state index contributed by atoms with van der Waals surface area (Å²) in [5.74, 6) is -0.488. The van der Waals surface area contributed by atoms with Crippen LogP contribution in [0.2, 0.25) is 0 Å². The largest absolute Gasteiger partial charge is 0.466 e. The van der Waals surface area contributed by atoms with Crippen LogP contribution in [0.1, 0.15) is 23.5 Å². The minimum absolute atomic E-state index is 0.0540. The Balaban J connectivity index is 1.64. The third-order valence-electron chi connectivity index (χ3n) is 6.00. The maximum absolute atomic E-state index is 13.5. The zero-order valence-corrected chi connectivity index (χ0v) is 18.1. The van der Waals surface area contributed by atoms with Crippen LogP contribution in [0, 0.1) is 11.7 Å². The third-order valence-corrected chi connectivity index (χ3v) is 6.00. The van der Waals surface area contributed by atoms with Crippen molar-refractivity contribution < 1.29 is 18.8 Å². The number of ether oxygens (including phenoxy) is 1. The van der Waals surface area contributed by atoms with Gasteiger partial charge in [0.1, 0.15) is 5.82 Å². The van der Waals surface area contributed by atoms with Crippen molar-refractivity contribution in [3.63, 3.8) is 0 Å². The van der Waals surface area contributed by atoms with Crippen LogP contribution in [-0.2, 0) is 20.8 Å². The SMILES string of the molecule is COC(=O)CO/N=C(/Cc1ccc2ccccc2c1)C1CNCCC1c1ccc(F)cc1. The van der Waals surface area contributed by atoms with Gasteiger partial charge in [0, 0.05) is 18.9 Å². The molecule has 166 valence electrons. The molecule has 3 aromatic rings. The number of carbonyl (C=O) groups is 1. The molecule has 4 rings (SSSR count). The highest BCUT2D eigenvalue weighted by Gasteiger charge is 2.31. The molecule has 2 atom stereocenters. The number of rotatable bonds is 7. The quantitative estimate of drug-likeness (QED) is 0.339. The number of fused-ring (bicyclic) bond motifs is 1. The highest BCUT2D eigenvalue weighted by molar-refractivity contribution is 5.91. The summed E-state index contributed by atoms with van der Waals surface area (Å²) in [6.45, 7) is 1.37. The minimum atomic E-state index is -0.476. The Labute approximate surface area is 187 Å². The summed E-state index contributed by atoms with van der Waals surface area (Å²) in [6.07, 6.45) is 1.50. The molecule has 5 nitrogen and oxygen atoms in total. The van der Waals surface area contributed by atoms with E-state index in [0.29, 0.717) is 6.42 Å². The van der Waals surface area contributed by atoms with E-state index in [-0.39, 0.29) is 24.3 Å². The zero-order valence-electron chi connectivity index (χ0n) is 18.1. The maximum Gasteiger partial charge on any atom is 0.346 e. The average Bonchev–Trinajstić information content (AvgIpc) is 2.83. The van der Waals surface area contributed by atoms with Gasteiger partial charge >= 0.3 is 5.97 Å². The summed E-state index contributed by atoms with van der Waals surface area (Å²) in [4.78, 5) is 16.9. The summed E-state index contributed by atoms with van der Waals surface area (Å²) >= 11 is 0. The average molecular weight is 435 g/mol. The lowest BCUT2D eigenvalue weighted by molar-refractivity contribution is -0.145. The molecule has 1 heterocycles. The number of oxime groups is 1. The van der Waals surface area contributed by atoms with Gasteiger partial charge in [0.15, 0.2) is 0 Å². The van der Waals surface area contributed by atoms with Gasteiger partial charge in [-0.1, -0.05) is 59.8 Å². The fraction of sp³-hybridized carbons (Fsp3) is 0.308. The molecular formula is C26H27FN2O3. The number of halogens is 1. The number of hydrogen-bond donors (Lipinski definition) is 1. The number of carbonyl (C=O) groups excluding carboxylic acids is 1. The van der Waals surface area contributed by atoms with Crippen molar-refractivity contribution in [3.05, 3.63) is 83.7 Å². The Morgan fingerprint density at radius 3 is 2.66 bits per heavy atom. The monoisotopic (exact) mass is 434 g/mol. The topological polar surface area (TPSA) is 59.9 Å². The summed E-state index contributed by atoms with van der Waals surface area (Å²) in [6, 6.07) is 21.3. The Bertz CT molecular complexity index is 1100. The standard InChI is InChI=1S/C26H27FN2O3/c1-31-26(30)17-32-29-25(15-18-6-7-19-4-2-3-5-21(19)14-18)24-16-28-13-12-23(24)20-8-10-22(27)11-9-20/h2-11,14,23-24,28H,12-13,15-17H2,1H3/b29-25-. The summed E-state index contributed by atoms with van der Waals surface area (Å²) in [5, 5.41) is 10.2. The molecule has 1 fully saturated rings. The number of benzene rings is 3. The smallest absolute Gasteiger partial charge is 0.346 e. The molecule has 3 aromatic carbocycles. The molecule has 0 saturated carbocycles. The molecule has 0 radical (unpaired) electrons. The highest BCUT2D eigenvalue weighted by Crippen LogP contribution is 2.33.